The highest BCUT2D eigenvalue weighted by Crippen LogP contribution is 1.70. The molecule has 0 saturated heterocycles. The van der Waals surface area contributed by atoms with Gasteiger partial charge in [-0.1, -0.05) is 0 Å². The van der Waals surface area contributed by atoms with Crippen LogP contribution in [0.2, 0.25) is 0 Å². The lowest BCUT2D eigenvalue weighted by molar-refractivity contribution is 0.872. The third-order valence-electron chi connectivity index (χ3n) is 0.871. The number of hydrogen-bond donors (Lipinski definition) is 0. The van der Waals surface area contributed by atoms with Gasteiger partial charge in [-0.3, -0.25) is 0 Å². The molecule has 0 bridgehead atoms. The van der Waals surface area contributed by atoms with E-state index in [1.54, 1.807) is 17.0 Å². The van der Waals surface area contributed by atoms with Gasteiger partial charge < -0.3 is 4.59 Å². The van der Waals surface area contributed by atoms with Crippen molar-refractivity contribution in [3.8, 4) is 5.97 Å². The number of nitriles is 1. The fraction of sp³-hybridized carbons (Fsp3) is 0. The number of hydrogen-bond acceptors (Lipinski definition) is 3. The number of nitrogens with zero attached hydrogens (tertiary/aromatic N) is 4. The van der Waals surface area contributed by atoms with Crippen LogP contribution in [0.5, 0.6) is 0 Å². The topological polar surface area (TPSA) is 54.5 Å². The van der Waals surface area contributed by atoms with Gasteiger partial charge in [-0.2, -0.15) is 0 Å². The van der Waals surface area contributed by atoms with Crippen molar-refractivity contribution in [3.63, 3.8) is 0 Å². The molecule has 0 N–H and O–H groups in total. The zero-order chi connectivity index (χ0) is 5.82. The summed E-state index contributed by atoms with van der Waals surface area (Å²) in [5.74, 6) is 2.06. The lowest BCUT2D eigenvalue weighted by atomic mass is 10.0. The van der Waals surface area contributed by atoms with Crippen LogP contribution in [-0.4, -0.2) is 22.3 Å². The van der Waals surface area contributed by atoms with Gasteiger partial charge in [-0.15, -0.1) is 16.3 Å². The Labute approximate surface area is 47.0 Å². The SMILES string of the molecule is N#C[BH2-]n1ccnn1. The second-order valence-electron chi connectivity index (χ2n) is 1.52. The van der Waals surface area contributed by atoms with Crippen LogP contribution >= 0.6 is 0 Å². The summed E-state index contributed by atoms with van der Waals surface area (Å²) in [6.07, 6.45) is 3.27. The van der Waals surface area contributed by atoms with E-state index in [4.69, 9.17) is 5.26 Å². The Morgan fingerprint density at radius 1 is 1.75 bits per heavy atom. The molecule has 0 spiro atoms. The fourth-order valence-corrected chi connectivity index (χ4v) is 0.489. The maximum absolute atomic E-state index is 8.16. The predicted octanol–water partition coefficient (Wildman–Crippen LogP) is -1.31. The van der Waals surface area contributed by atoms with Crippen LogP contribution in [0.15, 0.2) is 12.4 Å². The van der Waals surface area contributed by atoms with Gasteiger partial charge in [0.25, 0.3) is 0 Å². The molecule has 5 heteroatoms. The molecule has 1 heterocycles. The van der Waals surface area contributed by atoms with E-state index >= 15 is 0 Å². The minimum absolute atomic E-state index is 0.701. The summed E-state index contributed by atoms with van der Waals surface area (Å²) >= 11 is 0. The van der Waals surface area contributed by atoms with E-state index in [1.807, 2.05) is 0 Å². The second kappa shape index (κ2) is 2.12. The molecular formula is C3H4BN4-. The highest BCUT2D eigenvalue weighted by atomic mass is 15.4. The molecule has 0 aromatic carbocycles. The van der Waals surface area contributed by atoms with Gasteiger partial charge >= 0.3 is 0 Å². The molecule has 8 heavy (non-hydrogen) atoms. The average molecular weight is 107 g/mol. The first-order valence-electron chi connectivity index (χ1n) is 2.42. The summed E-state index contributed by atoms with van der Waals surface area (Å²) in [7, 11) is -0.701. The molecule has 0 unspecified atom stereocenters. The van der Waals surface area contributed by atoms with Gasteiger partial charge in [0.2, 0.25) is 0 Å². The van der Waals surface area contributed by atoms with Gasteiger partial charge in [0.1, 0.15) is 0 Å². The van der Waals surface area contributed by atoms with Crippen LogP contribution < -0.4 is 0 Å². The Morgan fingerprint density at radius 3 is 3.12 bits per heavy atom. The maximum atomic E-state index is 8.16. The van der Waals surface area contributed by atoms with Gasteiger partial charge in [-0.25, -0.2) is 5.26 Å². The molecule has 0 aliphatic heterocycles. The van der Waals surface area contributed by atoms with Gasteiger partial charge in [-0.05, 0) is 0 Å². The van der Waals surface area contributed by atoms with Crippen molar-refractivity contribution in [2.45, 2.75) is 0 Å². The normalized spacial score (nSPS) is 8.38. The largest absolute Gasteiger partial charge is 0.416 e. The van der Waals surface area contributed by atoms with Crippen molar-refractivity contribution in [1.82, 2.24) is 14.9 Å². The maximum Gasteiger partial charge on any atom is 0.189 e. The fourth-order valence-electron chi connectivity index (χ4n) is 0.489. The van der Waals surface area contributed by atoms with E-state index in [2.05, 4.69) is 16.3 Å². The molecule has 40 valence electrons. The monoisotopic (exact) mass is 107 g/mol. The summed E-state index contributed by atoms with van der Waals surface area (Å²) in [6, 6.07) is 0. The van der Waals surface area contributed by atoms with Crippen molar-refractivity contribution in [2.75, 3.05) is 0 Å². The molecule has 0 atom stereocenters. The minimum Gasteiger partial charge on any atom is -0.416 e. The third kappa shape index (κ3) is 0.848. The van der Waals surface area contributed by atoms with E-state index < -0.39 is 7.41 Å². The third-order valence-corrected chi connectivity index (χ3v) is 0.871. The Morgan fingerprint density at radius 2 is 2.62 bits per heavy atom. The van der Waals surface area contributed by atoms with Gasteiger partial charge in [0.05, 0.1) is 6.20 Å². The lowest BCUT2D eigenvalue weighted by Gasteiger charge is -1.92. The molecule has 1 aromatic rings. The summed E-state index contributed by atoms with van der Waals surface area (Å²) < 4.78 is 1.58. The first-order chi connectivity index (χ1) is 3.93. The summed E-state index contributed by atoms with van der Waals surface area (Å²) in [5, 5.41) is 15.3. The lowest BCUT2D eigenvalue weighted by Crippen LogP contribution is -2.03. The van der Waals surface area contributed by atoms with E-state index in [0.717, 1.165) is 0 Å². The molecule has 0 aliphatic carbocycles. The molecule has 1 rings (SSSR count). The summed E-state index contributed by atoms with van der Waals surface area (Å²) in [5.41, 5.74) is 0. The minimum atomic E-state index is -0.701. The smallest absolute Gasteiger partial charge is 0.189 e. The first kappa shape index (κ1) is 4.84. The molecule has 1 aromatic heterocycles. The van der Waals surface area contributed by atoms with Crippen molar-refractivity contribution < 1.29 is 0 Å². The van der Waals surface area contributed by atoms with E-state index in [1.165, 1.54) is 0 Å². The Kier molecular flexibility index (Phi) is 1.28. The molecule has 0 radical (unpaired) electrons. The van der Waals surface area contributed by atoms with Crippen molar-refractivity contribution in [1.29, 1.82) is 5.26 Å². The van der Waals surface area contributed by atoms with Crippen LogP contribution in [0.1, 0.15) is 0 Å². The van der Waals surface area contributed by atoms with Crippen molar-refractivity contribution in [2.24, 2.45) is 0 Å². The molecular weight excluding hydrogens is 103 g/mol. The molecule has 0 aliphatic rings. The van der Waals surface area contributed by atoms with Crippen molar-refractivity contribution in [3.05, 3.63) is 12.4 Å². The number of aromatic nitrogens is 3. The Hall–Kier alpha value is -1.31. The van der Waals surface area contributed by atoms with Crippen LogP contribution in [0.4, 0.5) is 0 Å². The first-order valence-corrected chi connectivity index (χ1v) is 2.42. The highest BCUT2D eigenvalue weighted by Gasteiger charge is 1.77. The van der Waals surface area contributed by atoms with Crippen LogP contribution in [0, 0.1) is 11.2 Å². The number of rotatable bonds is 1. The molecule has 0 amide bonds. The molecule has 0 saturated carbocycles. The standard InChI is InChI=1S/C3H4BN4/c5-3-4-8-2-1-6-7-8/h1-2H,4H2/q-1. The summed E-state index contributed by atoms with van der Waals surface area (Å²) in [6.45, 7) is 0. The van der Waals surface area contributed by atoms with Crippen LogP contribution in [0.3, 0.4) is 0 Å². The van der Waals surface area contributed by atoms with Gasteiger partial charge in [0.15, 0.2) is 7.41 Å². The van der Waals surface area contributed by atoms with Crippen LogP contribution in [-0.2, 0) is 0 Å². The Balaban J connectivity index is 2.67. The van der Waals surface area contributed by atoms with E-state index in [0.29, 0.717) is 0 Å². The van der Waals surface area contributed by atoms with E-state index in [-0.39, 0.29) is 0 Å². The van der Waals surface area contributed by atoms with Crippen LogP contribution in [0.25, 0.3) is 0 Å². The second-order valence-corrected chi connectivity index (χ2v) is 1.52. The summed E-state index contributed by atoms with van der Waals surface area (Å²) in [4.78, 5) is 0. The zero-order valence-corrected chi connectivity index (χ0v) is 4.44. The molecule has 0 fully saturated rings. The Bertz CT molecular complexity index is 186. The highest BCUT2D eigenvalue weighted by molar-refractivity contribution is 6.42. The average Bonchev–Trinajstić information content (AvgIpc) is 2.19. The molecule has 4 nitrogen and oxygen atoms in total. The van der Waals surface area contributed by atoms with E-state index in [9.17, 15) is 0 Å². The predicted molar refractivity (Wildman–Crippen MR) is 29.6 cm³/mol. The van der Waals surface area contributed by atoms with Crippen molar-refractivity contribution >= 4 is 7.41 Å². The van der Waals surface area contributed by atoms with Gasteiger partial charge in [0, 0.05) is 6.20 Å². The zero-order valence-electron chi connectivity index (χ0n) is 4.44. The quantitative estimate of drug-likeness (QED) is 0.418.